The second kappa shape index (κ2) is 7.02. The van der Waals surface area contributed by atoms with Crippen LogP contribution in [0.4, 0.5) is 5.82 Å². The van der Waals surface area contributed by atoms with Crippen molar-refractivity contribution in [2.75, 3.05) is 12.3 Å². The Hall–Kier alpha value is -2.44. The fourth-order valence-corrected chi connectivity index (χ4v) is 2.31. The Morgan fingerprint density at radius 2 is 2.23 bits per heavy atom. The van der Waals surface area contributed by atoms with E-state index in [9.17, 15) is 4.79 Å². The van der Waals surface area contributed by atoms with Crippen molar-refractivity contribution >= 4 is 22.9 Å². The number of aryl methyl sites for hydroxylation is 1. The number of nitrogens with two attached hydrogens (primary N) is 1. The number of hydrogen-bond donors (Lipinski definition) is 2. The van der Waals surface area contributed by atoms with Gasteiger partial charge in [0.25, 0.3) is 0 Å². The average molecular weight is 302 g/mol. The first kappa shape index (κ1) is 15.9. The lowest BCUT2D eigenvalue weighted by Crippen LogP contribution is -2.30. The monoisotopic (exact) mass is 302 g/mol. The zero-order valence-corrected chi connectivity index (χ0v) is 13.0. The molecule has 2 aromatic rings. The molecule has 22 heavy (non-hydrogen) atoms. The maximum Gasteiger partial charge on any atom is 0.223 e. The molecule has 0 saturated heterocycles. The van der Waals surface area contributed by atoms with Crippen LogP contribution in [0.5, 0.6) is 0 Å². The molecule has 0 aliphatic carbocycles. The normalized spacial score (nSPS) is 12.3. The van der Waals surface area contributed by atoms with Gasteiger partial charge in [-0.25, -0.2) is 15.0 Å². The van der Waals surface area contributed by atoms with E-state index in [1.165, 1.54) is 6.33 Å². The highest BCUT2D eigenvalue weighted by Gasteiger charge is 2.12. The second-order valence-corrected chi connectivity index (χ2v) is 5.58. The summed E-state index contributed by atoms with van der Waals surface area (Å²) in [6.07, 6.45) is 4.63. The van der Waals surface area contributed by atoms with E-state index >= 15 is 0 Å². The number of rotatable bonds is 7. The molecule has 118 valence electrons. The topological polar surface area (TPSA) is 98.7 Å². The molecule has 0 saturated carbocycles. The molecule has 0 fully saturated rings. The molecule has 7 heteroatoms. The van der Waals surface area contributed by atoms with Crippen molar-refractivity contribution < 1.29 is 4.79 Å². The molecule has 0 aromatic carbocycles. The molecule has 0 aliphatic rings. The van der Waals surface area contributed by atoms with Crippen LogP contribution in [-0.4, -0.2) is 32.0 Å². The minimum absolute atomic E-state index is 0.0425. The smallest absolute Gasteiger partial charge is 0.223 e. The van der Waals surface area contributed by atoms with Crippen LogP contribution >= 0.6 is 0 Å². The minimum Gasteiger partial charge on any atom is -0.382 e. The van der Waals surface area contributed by atoms with E-state index in [0.717, 1.165) is 17.6 Å². The number of nitrogens with one attached hydrogen (secondary N) is 1. The Morgan fingerprint density at radius 1 is 1.45 bits per heavy atom. The van der Waals surface area contributed by atoms with Crippen LogP contribution in [0.3, 0.4) is 0 Å². The first-order chi connectivity index (χ1) is 10.5. The molecule has 0 aliphatic heterocycles. The largest absolute Gasteiger partial charge is 0.382 e. The highest BCUT2D eigenvalue weighted by molar-refractivity contribution is 5.81. The van der Waals surface area contributed by atoms with Gasteiger partial charge in [0.05, 0.1) is 6.33 Å². The SMILES string of the molecule is C=C(C)CC(C)C(=O)NCCCn1cnc2c(N)ncnc21. The molecule has 1 unspecified atom stereocenters. The summed E-state index contributed by atoms with van der Waals surface area (Å²) in [5, 5.41) is 2.94. The molecule has 2 rings (SSSR count). The number of carbonyl (C=O) groups is 1. The van der Waals surface area contributed by atoms with Crippen LogP contribution in [-0.2, 0) is 11.3 Å². The molecule has 2 heterocycles. The van der Waals surface area contributed by atoms with Crippen molar-refractivity contribution in [2.45, 2.75) is 33.2 Å². The summed E-state index contributed by atoms with van der Waals surface area (Å²) in [6, 6.07) is 0. The maximum atomic E-state index is 11.9. The molecule has 3 N–H and O–H groups in total. The Morgan fingerprint density at radius 3 is 2.95 bits per heavy atom. The van der Waals surface area contributed by atoms with Gasteiger partial charge in [-0.05, 0) is 19.8 Å². The van der Waals surface area contributed by atoms with Gasteiger partial charge in [0, 0.05) is 19.0 Å². The van der Waals surface area contributed by atoms with Crippen molar-refractivity contribution in [1.29, 1.82) is 0 Å². The highest BCUT2D eigenvalue weighted by Crippen LogP contribution is 2.14. The molecular weight excluding hydrogens is 280 g/mol. The van der Waals surface area contributed by atoms with Crippen LogP contribution in [0.1, 0.15) is 26.7 Å². The quantitative estimate of drug-likeness (QED) is 0.597. The highest BCUT2D eigenvalue weighted by atomic mass is 16.1. The summed E-state index contributed by atoms with van der Waals surface area (Å²) in [7, 11) is 0. The predicted molar refractivity (Wildman–Crippen MR) is 86.0 cm³/mol. The number of imidazole rings is 1. The van der Waals surface area contributed by atoms with Gasteiger partial charge in [-0.3, -0.25) is 4.79 Å². The van der Waals surface area contributed by atoms with Gasteiger partial charge in [0.15, 0.2) is 11.5 Å². The van der Waals surface area contributed by atoms with E-state index in [1.807, 2.05) is 18.4 Å². The molecular formula is C15H22N6O. The van der Waals surface area contributed by atoms with E-state index in [-0.39, 0.29) is 11.8 Å². The number of hydrogen-bond acceptors (Lipinski definition) is 5. The zero-order valence-electron chi connectivity index (χ0n) is 13.0. The minimum atomic E-state index is -0.0425. The number of fused-ring (bicyclic) bond motifs is 1. The molecule has 7 nitrogen and oxygen atoms in total. The maximum absolute atomic E-state index is 11.9. The summed E-state index contributed by atoms with van der Waals surface area (Å²) in [5.41, 5.74) is 8.09. The fraction of sp³-hybridized carbons (Fsp3) is 0.467. The Bertz CT molecular complexity index is 678. The second-order valence-electron chi connectivity index (χ2n) is 5.58. The summed E-state index contributed by atoms with van der Waals surface area (Å²) in [5.74, 6) is 0.398. The summed E-state index contributed by atoms with van der Waals surface area (Å²) in [4.78, 5) is 24.2. The van der Waals surface area contributed by atoms with Crippen molar-refractivity contribution in [3.63, 3.8) is 0 Å². The van der Waals surface area contributed by atoms with Gasteiger partial charge in [-0.1, -0.05) is 12.5 Å². The van der Waals surface area contributed by atoms with E-state index in [2.05, 4.69) is 26.8 Å². The molecule has 0 bridgehead atoms. The standard InChI is InChI=1S/C15H22N6O/c1-10(2)7-11(3)15(22)17-5-4-6-21-9-20-12-13(16)18-8-19-14(12)21/h8-9,11H,1,4-7H2,2-3H3,(H,17,22)(H2,16,18,19). The number of nitrogen functional groups attached to an aromatic ring is 1. The lowest BCUT2D eigenvalue weighted by Gasteiger charge is -2.12. The van der Waals surface area contributed by atoms with Crippen LogP contribution in [0.2, 0.25) is 0 Å². The van der Waals surface area contributed by atoms with E-state index in [4.69, 9.17) is 5.73 Å². The summed E-state index contributed by atoms with van der Waals surface area (Å²) in [6.45, 7) is 8.99. The third kappa shape index (κ3) is 3.81. The van der Waals surface area contributed by atoms with Crippen LogP contribution in [0.25, 0.3) is 11.2 Å². The fourth-order valence-electron chi connectivity index (χ4n) is 2.31. The van der Waals surface area contributed by atoms with Crippen molar-refractivity contribution in [1.82, 2.24) is 24.8 Å². The molecule has 2 aromatic heterocycles. The predicted octanol–water partition coefficient (Wildman–Crippen LogP) is 1.52. The number of amides is 1. The van der Waals surface area contributed by atoms with Crippen LogP contribution < -0.4 is 11.1 Å². The summed E-state index contributed by atoms with van der Waals surface area (Å²) >= 11 is 0. The van der Waals surface area contributed by atoms with E-state index in [0.29, 0.717) is 30.8 Å². The summed E-state index contributed by atoms with van der Waals surface area (Å²) < 4.78 is 1.91. The third-order valence-electron chi connectivity index (χ3n) is 3.41. The van der Waals surface area contributed by atoms with Crippen molar-refractivity contribution in [3.05, 3.63) is 24.8 Å². The first-order valence-electron chi connectivity index (χ1n) is 7.32. The number of aromatic nitrogens is 4. The molecule has 0 spiro atoms. The third-order valence-corrected chi connectivity index (χ3v) is 3.41. The molecule has 1 amide bonds. The van der Waals surface area contributed by atoms with Gasteiger partial charge in [-0.15, -0.1) is 6.58 Å². The lowest BCUT2D eigenvalue weighted by atomic mass is 10.0. The number of nitrogens with zero attached hydrogens (tertiary/aromatic N) is 4. The lowest BCUT2D eigenvalue weighted by molar-refractivity contribution is -0.124. The van der Waals surface area contributed by atoms with Gasteiger partial charge < -0.3 is 15.6 Å². The van der Waals surface area contributed by atoms with Gasteiger partial charge in [0.2, 0.25) is 5.91 Å². The van der Waals surface area contributed by atoms with Crippen molar-refractivity contribution in [2.24, 2.45) is 5.92 Å². The van der Waals surface area contributed by atoms with Gasteiger partial charge >= 0.3 is 0 Å². The molecule has 1 atom stereocenters. The van der Waals surface area contributed by atoms with Gasteiger partial charge in [-0.2, -0.15) is 0 Å². The van der Waals surface area contributed by atoms with Gasteiger partial charge in [0.1, 0.15) is 11.8 Å². The Labute approximate surface area is 129 Å². The van der Waals surface area contributed by atoms with E-state index in [1.54, 1.807) is 6.33 Å². The molecule has 0 radical (unpaired) electrons. The number of allylic oxidation sites excluding steroid dienone is 1. The van der Waals surface area contributed by atoms with Crippen LogP contribution in [0.15, 0.2) is 24.8 Å². The van der Waals surface area contributed by atoms with E-state index < -0.39 is 0 Å². The van der Waals surface area contributed by atoms with Crippen LogP contribution in [0, 0.1) is 5.92 Å². The Balaban J connectivity index is 1.82. The average Bonchev–Trinajstić information content (AvgIpc) is 2.87. The number of anilines is 1. The van der Waals surface area contributed by atoms with Crippen molar-refractivity contribution in [3.8, 4) is 0 Å². The number of carbonyl (C=O) groups excluding carboxylic acids is 1. The first-order valence-corrected chi connectivity index (χ1v) is 7.32. The Kier molecular flexibility index (Phi) is 5.08. The zero-order chi connectivity index (χ0) is 16.1.